The predicted octanol–water partition coefficient (Wildman–Crippen LogP) is 1.71. The molecule has 0 spiro atoms. The van der Waals surface area contributed by atoms with E-state index in [4.69, 9.17) is 0 Å². The zero-order chi connectivity index (χ0) is 10.4. The molecule has 1 unspecified atom stereocenters. The summed E-state index contributed by atoms with van der Waals surface area (Å²) < 4.78 is 0. The van der Waals surface area contributed by atoms with Crippen LogP contribution in [0.3, 0.4) is 0 Å². The summed E-state index contributed by atoms with van der Waals surface area (Å²) in [5, 5.41) is 7.89. The van der Waals surface area contributed by atoms with Gasteiger partial charge in [-0.05, 0) is 20.4 Å². The topological polar surface area (TPSA) is 37.0 Å². The van der Waals surface area contributed by atoms with Crippen LogP contribution in [0.5, 0.6) is 0 Å². The summed E-state index contributed by atoms with van der Waals surface area (Å²) in [7, 11) is 0. The number of aromatic nitrogens is 1. The first kappa shape index (κ1) is 11.6. The highest BCUT2D eigenvalue weighted by Crippen LogP contribution is 2.18. The van der Waals surface area contributed by atoms with Gasteiger partial charge in [-0.2, -0.15) is 0 Å². The molecule has 2 N–H and O–H groups in total. The van der Waals surface area contributed by atoms with Gasteiger partial charge in [-0.1, -0.05) is 6.92 Å². The van der Waals surface area contributed by atoms with E-state index in [-0.39, 0.29) is 0 Å². The summed E-state index contributed by atoms with van der Waals surface area (Å²) in [5.41, 5.74) is 0. The van der Waals surface area contributed by atoms with E-state index >= 15 is 0 Å². The Morgan fingerprint density at radius 3 is 2.86 bits per heavy atom. The van der Waals surface area contributed by atoms with Crippen molar-refractivity contribution in [2.45, 2.75) is 26.8 Å². The van der Waals surface area contributed by atoms with Crippen molar-refractivity contribution in [2.24, 2.45) is 0 Å². The van der Waals surface area contributed by atoms with E-state index in [0.29, 0.717) is 6.04 Å². The number of hydrogen-bond donors (Lipinski definition) is 2. The molecule has 0 aromatic carbocycles. The minimum absolute atomic E-state index is 0.368. The van der Waals surface area contributed by atoms with Crippen LogP contribution < -0.4 is 10.6 Å². The Hall–Kier alpha value is -0.450. The number of likely N-dealkylation sites (N-methyl/N-ethyl adjacent to an activating group) is 1. The van der Waals surface area contributed by atoms with Crippen LogP contribution in [0.15, 0.2) is 6.20 Å². The average molecular weight is 213 g/mol. The Labute approximate surface area is 89.9 Å². The van der Waals surface area contributed by atoms with Gasteiger partial charge >= 0.3 is 0 Å². The highest BCUT2D eigenvalue weighted by atomic mass is 32.1. The summed E-state index contributed by atoms with van der Waals surface area (Å²) >= 11 is 1.77. The van der Waals surface area contributed by atoms with Crippen molar-refractivity contribution < 1.29 is 0 Å². The molecule has 0 bridgehead atoms. The van der Waals surface area contributed by atoms with Crippen LogP contribution >= 0.6 is 11.3 Å². The van der Waals surface area contributed by atoms with E-state index in [1.807, 2.05) is 6.20 Å². The van der Waals surface area contributed by atoms with Crippen molar-refractivity contribution >= 4 is 11.3 Å². The van der Waals surface area contributed by atoms with Gasteiger partial charge in [-0.15, -0.1) is 11.3 Å². The van der Waals surface area contributed by atoms with Crippen molar-refractivity contribution in [1.29, 1.82) is 0 Å². The van der Waals surface area contributed by atoms with E-state index in [1.54, 1.807) is 11.3 Å². The Kier molecular flexibility index (Phi) is 5.07. The van der Waals surface area contributed by atoms with Crippen molar-refractivity contribution in [1.82, 2.24) is 15.6 Å². The fourth-order valence-electron chi connectivity index (χ4n) is 1.21. The number of thiazole rings is 1. The maximum absolute atomic E-state index is 4.35. The number of aryl methyl sites for hydroxylation is 1. The second-order valence-electron chi connectivity index (χ2n) is 3.34. The second-order valence-corrected chi connectivity index (χ2v) is 4.60. The zero-order valence-corrected chi connectivity index (χ0v) is 9.95. The SMILES string of the molecule is CCNCCNC(C)c1ncc(C)s1. The molecule has 1 rings (SSSR count). The molecule has 14 heavy (non-hydrogen) atoms. The molecule has 0 saturated heterocycles. The highest BCUT2D eigenvalue weighted by molar-refractivity contribution is 7.11. The highest BCUT2D eigenvalue weighted by Gasteiger charge is 2.07. The molecule has 1 heterocycles. The van der Waals surface area contributed by atoms with Crippen molar-refractivity contribution in [3.63, 3.8) is 0 Å². The van der Waals surface area contributed by atoms with Gasteiger partial charge in [0.1, 0.15) is 5.01 Å². The second kappa shape index (κ2) is 6.11. The van der Waals surface area contributed by atoms with Crippen LogP contribution in [0.4, 0.5) is 0 Å². The number of hydrogen-bond acceptors (Lipinski definition) is 4. The molecule has 1 aromatic heterocycles. The van der Waals surface area contributed by atoms with E-state index in [0.717, 1.165) is 19.6 Å². The molecule has 0 aliphatic carbocycles. The maximum atomic E-state index is 4.35. The number of nitrogens with one attached hydrogen (secondary N) is 2. The molecule has 1 aromatic rings. The molecule has 0 amide bonds. The van der Waals surface area contributed by atoms with E-state index in [1.165, 1.54) is 9.88 Å². The molecule has 4 heteroatoms. The normalized spacial score (nSPS) is 13.1. The third-order valence-electron chi connectivity index (χ3n) is 2.01. The first-order chi connectivity index (χ1) is 6.74. The molecule has 1 atom stereocenters. The lowest BCUT2D eigenvalue weighted by molar-refractivity contribution is 0.550. The molecule has 0 aliphatic heterocycles. The van der Waals surface area contributed by atoms with Gasteiger partial charge in [-0.3, -0.25) is 0 Å². The summed E-state index contributed by atoms with van der Waals surface area (Å²) in [6, 6.07) is 0.368. The molecular weight excluding hydrogens is 194 g/mol. The molecule has 0 aliphatic rings. The Morgan fingerprint density at radius 1 is 1.50 bits per heavy atom. The molecule has 0 saturated carbocycles. The summed E-state index contributed by atoms with van der Waals surface area (Å²) in [6.07, 6.45) is 1.93. The fourth-order valence-corrected chi connectivity index (χ4v) is 2.01. The molecule has 80 valence electrons. The molecule has 0 fully saturated rings. The third kappa shape index (κ3) is 3.74. The minimum Gasteiger partial charge on any atom is -0.316 e. The predicted molar refractivity (Wildman–Crippen MR) is 61.8 cm³/mol. The van der Waals surface area contributed by atoms with Crippen molar-refractivity contribution in [3.05, 3.63) is 16.1 Å². The average Bonchev–Trinajstić information content (AvgIpc) is 2.59. The van der Waals surface area contributed by atoms with E-state index < -0.39 is 0 Å². The summed E-state index contributed by atoms with van der Waals surface area (Å²) in [4.78, 5) is 5.63. The molecular formula is C10H19N3S. The van der Waals surface area contributed by atoms with Gasteiger partial charge in [0.05, 0.1) is 6.04 Å². The first-order valence-electron chi connectivity index (χ1n) is 5.10. The van der Waals surface area contributed by atoms with Gasteiger partial charge in [0.25, 0.3) is 0 Å². The lowest BCUT2D eigenvalue weighted by Gasteiger charge is -2.10. The quantitative estimate of drug-likeness (QED) is 0.706. The van der Waals surface area contributed by atoms with Gasteiger partial charge in [-0.25, -0.2) is 4.98 Å². The Morgan fingerprint density at radius 2 is 2.29 bits per heavy atom. The van der Waals surface area contributed by atoms with Gasteiger partial charge < -0.3 is 10.6 Å². The van der Waals surface area contributed by atoms with Crippen LogP contribution in [0, 0.1) is 6.92 Å². The monoisotopic (exact) mass is 213 g/mol. The van der Waals surface area contributed by atoms with E-state index in [2.05, 4.69) is 36.4 Å². The number of nitrogens with zero attached hydrogens (tertiary/aromatic N) is 1. The van der Waals surface area contributed by atoms with Gasteiger partial charge in [0, 0.05) is 24.2 Å². The van der Waals surface area contributed by atoms with Crippen LogP contribution in [-0.2, 0) is 0 Å². The number of rotatable bonds is 6. The summed E-state index contributed by atoms with van der Waals surface area (Å²) in [5.74, 6) is 0. The van der Waals surface area contributed by atoms with Crippen molar-refractivity contribution in [2.75, 3.05) is 19.6 Å². The van der Waals surface area contributed by atoms with Crippen LogP contribution in [0.25, 0.3) is 0 Å². The Bertz CT molecular complexity index is 260. The van der Waals surface area contributed by atoms with Gasteiger partial charge in [0.15, 0.2) is 0 Å². The fraction of sp³-hybridized carbons (Fsp3) is 0.700. The minimum atomic E-state index is 0.368. The summed E-state index contributed by atoms with van der Waals surface area (Å²) in [6.45, 7) is 9.41. The van der Waals surface area contributed by atoms with Crippen LogP contribution in [-0.4, -0.2) is 24.6 Å². The van der Waals surface area contributed by atoms with Crippen molar-refractivity contribution in [3.8, 4) is 0 Å². The van der Waals surface area contributed by atoms with Crippen LogP contribution in [0.1, 0.15) is 29.8 Å². The molecule has 3 nitrogen and oxygen atoms in total. The Balaban J connectivity index is 2.25. The van der Waals surface area contributed by atoms with Crippen LogP contribution in [0.2, 0.25) is 0 Å². The van der Waals surface area contributed by atoms with Gasteiger partial charge in [0.2, 0.25) is 0 Å². The lowest BCUT2D eigenvalue weighted by Crippen LogP contribution is -2.28. The molecule has 0 radical (unpaired) electrons. The smallest absolute Gasteiger partial charge is 0.109 e. The lowest BCUT2D eigenvalue weighted by atomic mass is 10.3. The third-order valence-corrected chi connectivity index (χ3v) is 3.11. The first-order valence-corrected chi connectivity index (χ1v) is 5.92. The maximum Gasteiger partial charge on any atom is 0.109 e. The van der Waals surface area contributed by atoms with E-state index in [9.17, 15) is 0 Å². The zero-order valence-electron chi connectivity index (χ0n) is 9.13. The largest absolute Gasteiger partial charge is 0.316 e. The standard InChI is InChI=1S/C10H19N3S/c1-4-11-5-6-12-9(3)10-13-7-8(2)14-10/h7,9,11-12H,4-6H2,1-3H3.